The van der Waals surface area contributed by atoms with Gasteiger partial charge in [0, 0.05) is 25.2 Å². The van der Waals surface area contributed by atoms with Crippen LogP contribution in [0, 0.1) is 5.41 Å². The number of nitrogens with zero attached hydrogens (tertiary/aromatic N) is 1. The summed E-state index contributed by atoms with van der Waals surface area (Å²) in [5.74, 6) is 0. The molecule has 1 heterocycles. The molecule has 1 aliphatic carbocycles. The van der Waals surface area contributed by atoms with Gasteiger partial charge in [0.1, 0.15) is 0 Å². The molecule has 20 heavy (non-hydrogen) atoms. The molecule has 118 valence electrons. The van der Waals surface area contributed by atoms with Gasteiger partial charge in [0.25, 0.3) is 0 Å². The lowest BCUT2D eigenvalue weighted by molar-refractivity contribution is -0.0958. The second kappa shape index (κ2) is 6.76. The molecule has 3 heteroatoms. The molecular weight excluding hydrogens is 248 g/mol. The average Bonchev–Trinajstić information content (AvgIpc) is 2.35. The van der Waals surface area contributed by atoms with E-state index in [0.717, 1.165) is 19.6 Å². The first-order valence-corrected chi connectivity index (χ1v) is 8.57. The molecule has 3 nitrogen and oxygen atoms in total. The zero-order valence-electron chi connectivity index (χ0n) is 14.1. The number of hydrogen-bond acceptors (Lipinski definition) is 3. The molecule has 0 aromatic carbocycles. The van der Waals surface area contributed by atoms with Crippen molar-refractivity contribution in [1.29, 1.82) is 0 Å². The van der Waals surface area contributed by atoms with Crippen LogP contribution in [0.25, 0.3) is 0 Å². The van der Waals surface area contributed by atoms with E-state index in [4.69, 9.17) is 4.74 Å². The van der Waals surface area contributed by atoms with Crippen molar-refractivity contribution in [2.45, 2.75) is 84.6 Å². The Balaban J connectivity index is 2.09. The van der Waals surface area contributed by atoms with Crippen LogP contribution in [0.15, 0.2) is 0 Å². The molecule has 1 saturated carbocycles. The molecular formula is C17H34N2O. The number of rotatable bonds is 4. The van der Waals surface area contributed by atoms with Crippen LogP contribution in [0.4, 0.5) is 0 Å². The Labute approximate surface area is 125 Å². The smallest absolute Gasteiger partial charge is 0.0678 e. The topological polar surface area (TPSA) is 24.5 Å². The van der Waals surface area contributed by atoms with Gasteiger partial charge in [-0.2, -0.15) is 0 Å². The monoisotopic (exact) mass is 282 g/mol. The molecule has 1 N–H and O–H groups in total. The maximum Gasteiger partial charge on any atom is 0.0678 e. The van der Waals surface area contributed by atoms with Gasteiger partial charge in [-0.05, 0) is 45.1 Å². The minimum absolute atomic E-state index is 0.371. The Hall–Kier alpha value is -0.120. The Kier molecular flexibility index (Phi) is 5.49. The van der Waals surface area contributed by atoms with Crippen molar-refractivity contribution >= 4 is 0 Å². The summed E-state index contributed by atoms with van der Waals surface area (Å²) < 4.78 is 5.91. The standard InChI is InChI=1S/C17H34N2O/c1-6-10-18-16-15(8-7-9-17(16,4)5)19-11-13(2)20-14(3)12-19/h13-16,18H,6-12H2,1-5H3/t13-,14+,15?,16?. The quantitative estimate of drug-likeness (QED) is 0.858. The lowest BCUT2D eigenvalue weighted by Gasteiger charge is -2.51. The van der Waals surface area contributed by atoms with Gasteiger partial charge in [0.2, 0.25) is 0 Å². The third-order valence-corrected chi connectivity index (χ3v) is 5.08. The van der Waals surface area contributed by atoms with Crippen LogP contribution in [0.3, 0.4) is 0 Å². The maximum absolute atomic E-state index is 5.91. The Morgan fingerprint density at radius 1 is 1.20 bits per heavy atom. The molecule has 0 spiro atoms. The molecule has 2 rings (SSSR count). The second-order valence-electron chi connectivity index (χ2n) is 7.59. The van der Waals surface area contributed by atoms with E-state index in [1.54, 1.807) is 0 Å². The van der Waals surface area contributed by atoms with Crippen LogP contribution in [-0.2, 0) is 4.74 Å². The van der Waals surface area contributed by atoms with E-state index in [1.807, 2.05) is 0 Å². The Morgan fingerprint density at radius 2 is 1.85 bits per heavy atom. The fraction of sp³-hybridized carbons (Fsp3) is 1.00. The fourth-order valence-corrected chi connectivity index (χ4v) is 4.20. The van der Waals surface area contributed by atoms with Crippen LogP contribution in [0.5, 0.6) is 0 Å². The minimum atomic E-state index is 0.371. The van der Waals surface area contributed by atoms with E-state index in [1.165, 1.54) is 25.7 Å². The van der Waals surface area contributed by atoms with E-state index < -0.39 is 0 Å². The van der Waals surface area contributed by atoms with Crippen molar-refractivity contribution in [3.05, 3.63) is 0 Å². The molecule has 2 unspecified atom stereocenters. The zero-order valence-corrected chi connectivity index (χ0v) is 14.1. The third-order valence-electron chi connectivity index (χ3n) is 5.08. The van der Waals surface area contributed by atoms with Gasteiger partial charge in [-0.15, -0.1) is 0 Å². The summed E-state index contributed by atoms with van der Waals surface area (Å²) >= 11 is 0. The molecule has 0 bridgehead atoms. The summed E-state index contributed by atoms with van der Waals surface area (Å²) in [5, 5.41) is 3.86. The van der Waals surface area contributed by atoms with Crippen molar-refractivity contribution in [1.82, 2.24) is 10.2 Å². The summed E-state index contributed by atoms with van der Waals surface area (Å²) in [5.41, 5.74) is 0.406. The van der Waals surface area contributed by atoms with Crippen LogP contribution < -0.4 is 5.32 Å². The highest BCUT2D eigenvalue weighted by atomic mass is 16.5. The lowest BCUT2D eigenvalue weighted by Crippen LogP contribution is -2.62. The minimum Gasteiger partial charge on any atom is -0.373 e. The van der Waals surface area contributed by atoms with Gasteiger partial charge >= 0.3 is 0 Å². The van der Waals surface area contributed by atoms with E-state index in [0.29, 0.717) is 29.7 Å². The first kappa shape index (κ1) is 16.3. The number of morpholine rings is 1. The number of nitrogens with one attached hydrogen (secondary N) is 1. The van der Waals surface area contributed by atoms with Gasteiger partial charge in [0.15, 0.2) is 0 Å². The van der Waals surface area contributed by atoms with Gasteiger partial charge in [0.05, 0.1) is 12.2 Å². The number of ether oxygens (including phenoxy) is 1. The molecule has 2 fully saturated rings. The molecule has 0 aromatic heterocycles. The molecule has 2 aliphatic rings. The van der Waals surface area contributed by atoms with Crippen LogP contribution >= 0.6 is 0 Å². The maximum atomic E-state index is 5.91. The van der Waals surface area contributed by atoms with Crippen molar-refractivity contribution in [3.63, 3.8) is 0 Å². The van der Waals surface area contributed by atoms with E-state index in [2.05, 4.69) is 44.8 Å². The summed E-state index contributed by atoms with van der Waals surface area (Å²) in [7, 11) is 0. The van der Waals surface area contributed by atoms with Gasteiger partial charge in [-0.1, -0.05) is 27.2 Å². The Bertz CT molecular complexity index is 295. The second-order valence-corrected chi connectivity index (χ2v) is 7.59. The SMILES string of the molecule is CCCNC1C(N2C[C@@H](C)O[C@@H](C)C2)CCCC1(C)C. The van der Waals surface area contributed by atoms with Crippen LogP contribution in [-0.4, -0.2) is 48.8 Å². The van der Waals surface area contributed by atoms with E-state index in [9.17, 15) is 0 Å². The lowest BCUT2D eigenvalue weighted by atomic mass is 9.70. The predicted octanol–water partition coefficient (Wildman–Crippen LogP) is 3.04. The van der Waals surface area contributed by atoms with Crippen molar-refractivity contribution in [3.8, 4) is 0 Å². The molecule has 0 amide bonds. The highest BCUT2D eigenvalue weighted by Crippen LogP contribution is 2.38. The van der Waals surface area contributed by atoms with Gasteiger partial charge in [-0.25, -0.2) is 0 Å². The van der Waals surface area contributed by atoms with E-state index >= 15 is 0 Å². The highest BCUT2D eigenvalue weighted by Gasteiger charge is 2.42. The zero-order chi connectivity index (χ0) is 14.8. The third kappa shape index (κ3) is 3.75. The van der Waals surface area contributed by atoms with E-state index in [-0.39, 0.29) is 0 Å². The normalized spacial score (nSPS) is 38.9. The largest absolute Gasteiger partial charge is 0.373 e. The first-order chi connectivity index (χ1) is 9.44. The van der Waals surface area contributed by atoms with Crippen molar-refractivity contribution in [2.24, 2.45) is 5.41 Å². The molecule has 0 aromatic rings. The Morgan fingerprint density at radius 3 is 2.45 bits per heavy atom. The molecule has 4 atom stereocenters. The van der Waals surface area contributed by atoms with Gasteiger partial charge in [-0.3, -0.25) is 4.90 Å². The van der Waals surface area contributed by atoms with Crippen molar-refractivity contribution < 1.29 is 4.74 Å². The summed E-state index contributed by atoms with van der Waals surface area (Å²) in [6, 6.07) is 1.30. The predicted molar refractivity (Wildman–Crippen MR) is 85.1 cm³/mol. The average molecular weight is 282 g/mol. The summed E-state index contributed by atoms with van der Waals surface area (Å²) in [6.45, 7) is 14.9. The summed E-state index contributed by atoms with van der Waals surface area (Å²) in [4.78, 5) is 2.70. The molecule has 1 saturated heterocycles. The summed E-state index contributed by atoms with van der Waals surface area (Å²) in [6.07, 6.45) is 6.01. The highest BCUT2D eigenvalue weighted by molar-refractivity contribution is 4.99. The van der Waals surface area contributed by atoms with Crippen LogP contribution in [0.2, 0.25) is 0 Å². The fourth-order valence-electron chi connectivity index (χ4n) is 4.20. The van der Waals surface area contributed by atoms with Crippen molar-refractivity contribution in [2.75, 3.05) is 19.6 Å². The number of hydrogen-bond donors (Lipinski definition) is 1. The first-order valence-electron chi connectivity index (χ1n) is 8.57. The van der Waals surface area contributed by atoms with Gasteiger partial charge < -0.3 is 10.1 Å². The van der Waals surface area contributed by atoms with Crippen LogP contribution in [0.1, 0.15) is 60.3 Å². The molecule has 1 aliphatic heterocycles. The molecule has 0 radical (unpaired) electrons.